The number of nitro groups is 1. The smallest absolute Gasteiger partial charge is 0.326 e. The molecule has 0 saturated heterocycles. The number of carboxylic acid groups (broad SMARTS) is 1. The maximum atomic E-state index is 12.0. The summed E-state index contributed by atoms with van der Waals surface area (Å²) in [6.45, 7) is 1.61. The number of nitrogens with zero attached hydrogens (tertiary/aromatic N) is 3. The first-order chi connectivity index (χ1) is 9.93. The fraction of sp³-hybridized carbons (Fsp3) is 0.273. The van der Waals surface area contributed by atoms with E-state index in [-0.39, 0.29) is 28.7 Å². The Morgan fingerprint density at radius 3 is 2.76 bits per heavy atom. The molecule has 1 amide bonds. The van der Waals surface area contributed by atoms with Crippen molar-refractivity contribution in [1.82, 2.24) is 14.1 Å². The third-order valence-electron chi connectivity index (χ3n) is 2.81. The highest BCUT2D eigenvalue weighted by molar-refractivity contribution is 7.00. The molecule has 0 fully saturated rings. The van der Waals surface area contributed by atoms with Gasteiger partial charge in [0.25, 0.3) is 11.6 Å². The van der Waals surface area contributed by atoms with E-state index in [9.17, 15) is 19.7 Å². The van der Waals surface area contributed by atoms with E-state index >= 15 is 0 Å². The van der Waals surface area contributed by atoms with Crippen LogP contribution in [0.15, 0.2) is 12.1 Å². The molecule has 2 N–H and O–H groups in total. The number of carbonyl (C=O) groups is 2. The highest BCUT2D eigenvalue weighted by Crippen LogP contribution is 2.25. The summed E-state index contributed by atoms with van der Waals surface area (Å²) in [6.07, 6.45) is 0.198. The minimum Gasteiger partial charge on any atom is -0.480 e. The van der Waals surface area contributed by atoms with Gasteiger partial charge >= 0.3 is 5.97 Å². The Kier molecular flexibility index (Phi) is 4.08. The van der Waals surface area contributed by atoms with Gasteiger partial charge in [-0.1, -0.05) is 6.92 Å². The largest absolute Gasteiger partial charge is 0.480 e. The fourth-order valence-electron chi connectivity index (χ4n) is 1.72. The summed E-state index contributed by atoms with van der Waals surface area (Å²) in [5.74, 6) is -1.88. The molecule has 2 aromatic rings. The topological polar surface area (TPSA) is 135 Å². The number of amides is 1. The van der Waals surface area contributed by atoms with E-state index < -0.39 is 22.8 Å². The second-order valence-corrected chi connectivity index (χ2v) is 4.69. The van der Waals surface area contributed by atoms with Gasteiger partial charge in [0, 0.05) is 11.6 Å². The van der Waals surface area contributed by atoms with Gasteiger partial charge < -0.3 is 10.4 Å². The Bertz CT molecular complexity index is 728. The summed E-state index contributed by atoms with van der Waals surface area (Å²) in [4.78, 5) is 33.3. The molecule has 1 aromatic carbocycles. The zero-order chi connectivity index (χ0) is 15.6. The average Bonchev–Trinajstić information content (AvgIpc) is 2.90. The lowest BCUT2D eigenvalue weighted by Gasteiger charge is -2.12. The van der Waals surface area contributed by atoms with Crippen molar-refractivity contribution in [3.8, 4) is 0 Å². The predicted molar refractivity (Wildman–Crippen MR) is 73.3 cm³/mol. The van der Waals surface area contributed by atoms with E-state index in [2.05, 4.69) is 14.1 Å². The van der Waals surface area contributed by atoms with Crippen LogP contribution >= 0.6 is 11.7 Å². The third kappa shape index (κ3) is 2.94. The quantitative estimate of drug-likeness (QED) is 0.625. The Balaban J connectivity index is 2.39. The number of carboxylic acids is 1. The van der Waals surface area contributed by atoms with Crippen LogP contribution in [-0.4, -0.2) is 36.7 Å². The van der Waals surface area contributed by atoms with Crippen molar-refractivity contribution in [2.75, 3.05) is 0 Å². The number of rotatable bonds is 5. The molecular weight excluding hydrogens is 300 g/mol. The molecule has 0 spiro atoms. The minimum atomic E-state index is -1.17. The number of aliphatic carboxylic acids is 1. The number of hydrogen-bond acceptors (Lipinski definition) is 7. The summed E-state index contributed by atoms with van der Waals surface area (Å²) >= 11 is 0.798. The molecule has 10 heteroatoms. The summed E-state index contributed by atoms with van der Waals surface area (Å²) in [6, 6.07) is 1.35. The summed E-state index contributed by atoms with van der Waals surface area (Å²) < 4.78 is 7.68. The number of hydrogen-bond donors (Lipinski definition) is 2. The number of nitrogens with one attached hydrogen (secondary N) is 1. The van der Waals surface area contributed by atoms with E-state index in [1.165, 1.54) is 6.07 Å². The molecule has 1 heterocycles. The van der Waals surface area contributed by atoms with Crippen LogP contribution in [0.3, 0.4) is 0 Å². The molecule has 1 aromatic heterocycles. The van der Waals surface area contributed by atoms with Crippen molar-refractivity contribution in [2.24, 2.45) is 0 Å². The SMILES string of the molecule is CCC(NC(=O)c1cc([N+](=O)[O-])c2nsnc2c1)C(=O)O. The van der Waals surface area contributed by atoms with E-state index in [0.29, 0.717) is 0 Å². The maximum Gasteiger partial charge on any atom is 0.326 e. The molecule has 2 rings (SSSR count). The van der Waals surface area contributed by atoms with Gasteiger partial charge in [-0.2, -0.15) is 8.75 Å². The molecule has 0 radical (unpaired) electrons. The van der Waals surface area contributed by atoms with Crippen molar-refractivity contribution in [3.63, 3.8) is 0 Å². The number of fused-ring (bicyclic) bond motifs is 1. The molecular formula is C11H10N4O5S. The highest BCUT2D eigenvalue weighted by Gasteiger charge is 2.23. The molecule has 0 aliphatic rings. The van der Waals surface area contributed by atoms with Crippen molar-refractivity contribution in [1.29, 1.82) is 0 Å². The monoisotopic (exact) mass is 310 g/mol. The normalized spacial score (nSPS) is 12.0. The molecule has 0 bridgehead atoms. The lowest BCUT2D eigenvalue weighted by atomic mass is 10.1. The highest BCUT2D eigenvalue weighted by atomic mass is 32.1. The lowest BCUT2D eigenvalue weighted by molar-refractivity contribution is -0.383. The van der Waals surface area contributed by atoms with Gasteiger partial charge in [0.15, 0.2) is 5.52 Å². The van der Waals surface area contributed by atoms with Crippen molar-refractivity contribution in [2.45, 2.75) is 19.4 Å². The van der Waals surface area contributed by atoms with Crippen molar-refractivity contribution < 1.29 is 19.6 Å². The molecule has 1 atom stereocenters. The summed E-state index contributed by atoms with van der Waals surface area (Å²) in [7, 11) is 0. The first kappa shape index (κ1) is 14.8. The van der Waals surface area contributed by atoms with E-state index in [0.717, 1.165) is 17.8 Å². The van der Waals surface area contributed by atoms with Gasteiger partial charge in [-0.25, -0.2) is 4.79 Å². The second kappa shape index (κ2) is 5.79. The minimum absolute atomic E-state index is 0.0263. The van der Waals surface area contributed by atoms with Gasteiger partial charge in [0.2, 0.25) is 0 Å². The van der Waals surface area contributed by atoms with Crippen LogP contribution in [0.5, 0.6) is 0 Å². The van der Waals surface area contributed by atoms with Gasteiger partial charge in [-0.15, -0.1) is 0 Å². The summed E-state index contributed by atoms with van der Waals surface area (Å²) in [5, 5.41) is 22.2. The van der Waals surface area contributed by atoms with Gasteiger partial charge in [-0.3, -0.25) is 14.9 Å². The van der Waals surface area contributed by atoms with Crippen LogP contribution in [-0.2, 0) is 4.79 Å². The van der Waals surface area contributed by atoms with E-state index in [1.54, 1.807) is 6.92 Å². The van der Waals surface area contributed by atoms with Gasteiger partial charge in [0.1, 0.15) is 11.6 Å². The molecule has 0 saturated carbocycles. The van der Waals surface area contributed by atoms with Crippen molar-refractivity contribution in [3.05, 3.63) is 27.8 Å². The number of non-ortho nitro benzene ring substituents is 1. The number of aromatic nitrogens is 2. The summed E-state index contributed by atoms with van der Waals surface area (Å²) in [5.41, 5.74) is -0.0362. The average molecular weight is 310 g/mol. The number of nitro benzene ring substituents is 1. The van der Waals surface area contributed by atoms with Crippen LogP contribution < -0.4 is 5.32 Å². The van der Waals surface area contributed by atoms with Crippen LogP contribution in [0.2, 0.25) is 0 Å². The van der Waals surface area contributed by atoms with Gasteiger partial charge in [0.05, 0.1) is 16.7 Å². The first-order valence-corrected chi connectivity index (χ1v) is 6.61. The molecule has 1 unspecified atom stereocenters. The molecule has 110 valence electrons. The Labute approximate surface area is 122 Å². The molecule has 9 nitrogen and oxygen atoms in total. The van der Waals surface area contributed by atoms with E-state index in [1.807, 2.05) is 0 Å². The third-order valence-corrected chi connectivity index (χ3v) is 3.35. The van der Waals surface area contributed by atoms with Crippen LogP contribution in [0, 0.1) is 10.1 Å². The van der Waals surface area contributed by atoms with Crippen LogP contribution in [0.4, 0.5) is 5.69 Å². The standard InChI is InChI=1S/C11H10N4O5S/c1-2-6(11(17)18)12-10(16)5-3-7-9(14-21-13-7)8(4-5)15(19)20/h3-4,6H,2H2,1H3,(H,12,16)(H,17,18). The number of carbonyl (C=O) groups excluding carboxylic acids is 1. The number of benzene rings is 1. The van der Waals surface area contributed by atoms with Crippen LogP contribution in [0.25, 0.3) is 11.0 Å². The molecule has 0 aliphatic heterocycles. The van der Waals surface area contributed by atoms with E-state index in [4.69, 9.17) is 5.11 Å². The second-order valence-electron chi connectivity index (χ2n) is 4.16. The predicted octanol–water partition coefficient (Wildman–Crippen LogP) is 1.19. The zero-order valence-electron chi connectivity index (χ0n) is 10.8. The van der Waals surface area contributed by atoms with Crippen molar-refractivity contribution >= 4 is 40.3 Å². The fourth-order valence-corrected chi connectivity index (χ4v) is 2.26. The molecule has 0 aliphatic carbocycles. The van der Waals surface area contributed by atoms with Gasteiger partial charge in [-0.05, 0) is 12.5 Å². The Morgan fingerprint density at radius 2 is 2.19 bits per heavy atom. The lowest BCUT2D eigenvalue weighted by Crippen LogP contribution is -2.40. The van der Waals surface area contributed by atoms with Crippen LogP contribution in [0.1, 0.15) is 23.7 Å². The zero-order valence-corrected chi connectivity index (χ0v) is 11.6. The Hall–Kier alpha value is -2.62. The Morgan fingerprint density at radius 1 is 1.48 bits per heavy atom. The maximum absolute atomic E-state index is 12.0. The first-order valence-electron chi connectivity index (χ1n) is 5.88. The molecule has 21 heavy (non-hydrogen) atoms.